The zero-order valence-corrected chi connectivity index (χ0v) is 16.4. The molecule has 0 atom stereocenters. The van der Waals surface area contributed by atoms with Gasteiger partial charge >= 0.3 is 0 Å². The molecule has 0 spiro atoms. The van der Waals surface area contributed by atoms with Crippen molar-refractivity contribution in [2.24, 2.45) is 0 Å². The predicted molar refractivity (Wildman–Crippen MR) is 116 cm³/mol. The Balaban J connectivity index is 1.47. The lowest BCUT2D eigenvalue weighted by Gasteiger charge is -2.09. The number of hydrogen-bond acceptors (Lipinski definition) is 5. The summed E-state index contributed by atoms with van der Waals surface area (Å²) in [4.78, 5) is 23.9. The molecule has 0 radical (unpaired) electrons. The van der Waals surface area contributed by atoms with Gasteiger partial charge < -0.3 is 5.32 Å². The maximum atomic E-state index is 12.7. The molecule has 1 aromatic heterocycles. The van der Waals surface area contributed by atoms with Gasteiger partial charge in [0.05, 0.1) is 12.1 Å². The van der Waals surface area contributed by atoms with E-state index >= 15 is 0 Å². The van der Waals surface area contributed by atoms with E-state index in [9.17, 15) is 9.59 Å². The van der Waals surface area contributed by atoms with E-state index in [1.807, 2.05) is 41.1 Å². The number of nitrogens with zero attached hydrogens (tertiary/aromatic N) is 3. The van der Waals surface area contributed by atoms with E-state index in [0.29, 0.717) is 23.4 Å². The summed E-state index contributed by atoms with van der Waals surface area (Å²) in [7, 11) is 0. The molecule has 0 bridgehead atoms. The van der Waals surface area contributed by atoms with E-state index in [4.69, 9.17) is 5.21 Å². The summed E-state index contributed by atoms with van der Waals surface area (Å²) in [6.45, 7) is 0.545. The number of rotatable bonds is 6. The van der Waals surface area contributed by atoms with Crippen LogP contribution in [-0.4, -0.2) is 32.0 Å². The van der Waals surface area contributed by atoms with Gasteiger partial charge in [-0.1, -0.05) is 47.7 Å². The van der Waals surface area contributed by atoms with E-state index in [1.54, 1.807) is 36.4 Å². The highest BCUT2D eigenvalue weighted by atomic mass is 16.5. The Bertz CT molecular complexity index is 1260. The number of para-hydroxylation sites is 2. The van der Waals surface area contributed by atoms with Crippen LogP contribution in [0.5, 0.6) is 0 Å². The number of fused-ring (bicyclic) bond motifs is 1. The summed E-state index contributed by atoms with van der Waals surface area (Å²) in [5.41, 5.74) is 5.99. The van der Waals surface area contributed by atoms with Gasteiger partial charge in [-0.25, -0.2) is 10.2 Å². The number of nitrogens with one attached hydrogen (secondary N) is 2. The van der Waals surface area contributed by atoms with Crippen molar-refractivity contribution in [2.45, 2.75) is 6.54 Å². The van der Waals surface area contributed by atoms with E-state index in [-0.39, 0.29) is 5.91 Å². The summed E-state index contributed by atoms with van der Waals surface area (Å²) in [6, 6.07) is 22.1. The topological polar surface area (TPSA) is 109 Å². The van der Waals surface area contributed by atoms with Crippen LogP contribution >= 0.6 is 0 Å². The first-order valence-corrected chi connectivity index (χ1v) is 9.54. The first-order chi connectivity index (χ1) is 15.1. The highest BCUT2D eigenvalue weighted by molar-refractivity contribution is 6.05. The summed E-state index contributed by atoms with van der Waals surface area (Å²) < 4.78 is 1.82. The number of anilines is 1. The quantitative estimate of drug-likeness (QED) is 0.255. The molecule has 154 valence electrons. The van der Waals surface area contributed by atoms with Gasteiger partial charge in [0, 0.05) is 17.3 Å². The molecule has 4 aromatic rings. The first kappa shape index (κ1) is 20.0. The third-order valence-electron chi connectivity index (χ3n) is 4.70. The Labute approximate surface area is 177 Å². The summed E-state index contributed by atoms with van der Waals surface area (Å²) in [5.74, 6) is -0.929. The standard InChI is InChI=1S/C23H19N5O3/c29-22(26-31)14-13-17-5-1-2-6-19(17)24-23(30)18-11-9-16(10-12-18)15-28-21-8-4-3-7-20(21)25-27-28/h1-14,31H,15H2,(H,24,30)(H,26,29). The zero-order chi connectivity index (χ0) is 21.6. The van der Waals surface area contributed by atoms with Gasteiger partial charge in [0.2, 0.25) is 0 Å². The molecule has 0 aliphatic carbocycles. The van der Waals surface area contributed by atoms with Crippen LogP contribution in [-0.2, 0) is 11.3 Å². The number of hydroxylamine groups is 1. The SMILES string of the molecule is O=C(C=Cc1ccccc1NC(=O)c1ccc(Cn2nnc3ccccc32)cc1)NO. The summed E-state index contributed by atoms with van der Waals surface area (Å²) >= 11 is 0. The van der Waals surface area contributed by atoms with Gasteiger partial charge in [0.15, 0.2) is 0 Å². The van der Waals surface area contributed by atoms with Crippen LogP contribution < -0.4 is 10.8 Å². The fourth-order valence-corrected chi connectivity index (χ4v) is 3.12. The lowest BCUT2D eigenvalue weighted by Crippen LogP contribution is -2.15. The normalized spacial score (nSPS) is 11.0. The molecular weight excluding hydrogens is 394 g/mol. The van der Waals surface area contributed by atoms with Crippen molar-refractivity contribution in [3.8, 4) is 0 Å². The number of hydrogen-bond donors (Lipinski definition) is 3. The van der Waals surface area contributed by atoms with Gasteiger partial charge in [0.1, 0.15) is 5.52 Å². The first-order valence-electron chi connectivity index (χ1n) is 9.54. The molecular formula is C23H19N5O3. The fraction of sp³-hybridized carbons (Fsp3) is 0.0435. The number of aromatic nitrogens is 3. The van der Waals surface area contributed by atoms with E-state index in [0.717, 1.165) is 16.6 Å². The smallest absolute Gasteiger partial charge is 0.267 e. The van der Waals surface area contributed by atoms with Crippen molar-refractivity contribution in [3.05, 3.63) is 95.6 Å². The van der Waals surface area contributed by atoms with Crippen LogP contribution in [0.25, 0.3) is 17.1 Å². The molecule has 0 fully saturated rings. The second-order valence-electron chi connectivity index (χ2n) is 6.78. The van der Waals surface area contributed by atoms with Crippen LogP contribution in [0, 0.1) is 0 Å². The Kier molecular flexibility index (Phi) is 5.82. The molecule has 0 saturated heterocycles. The van der Waals surface area contributed by atoms with Gasteiger partial charge in [-0.3, -0.25) is 14.8 Å². The van der Waals surface area contributed by atoms with Gasteiger partial charge in [-0.15, -0.1) is 5.10 Å². The number of benzene rings is 3. The third kappa shape index (κ3) is 4.65. The fourth-order valence-electron chi connectivity index (χ4n) is 3.12. The van der Waals surface area contributed by atoms with E-state index in [2.05, 4.69) is 15.6 Å². The van der Waals surface area contributed by atoms with Gasteiger partial charge in [-0.05, 0) is 47.5 Å². The van der Waals surface area contributed by atoms with Crippen LogP contribution in [0.1, 0.15) is 21.5 Å². The molecule has 4 rings (SSSR count). The molecule has 0 aliphatic heterocycles. The van der Waals surface area contributed by atoms with Crippen molar-refractivity contribution >= 4 is 34.6 Å². The molecule has 3 aromatic carbocycles. The second kappa shape index (κ2) is 9.02. The molecule has 0 aliphatic rings. The van der Waals surface area contributed by atoms with Gasteiger partial charge in [-0.2, -0.15) is 0 Å². The minimum Gasteiger partial charge on any atom is -0.321 e. The number of amides is 2. The van der Waals surface area contributed by atoms with Crippen LogP contribution in [0.15, 0.2) is 78.9 Å². The van der Waals surface area contributed by atoms with Crippen molar-refractivity contribution in [2.75, 3.05) is 5.32 Å². The average Bonchev–Trinajstić information content (AvgIpc) is 3.21. The van der Waals surface area contributed by atoms with Crippen molar-refractivity contribution in [1.29, 1.82) is 0 Å². The Hall–Kier alpha value is -4.30. The summed E-state index contributed by atoms with van der Waals surface area (Å²) in [5, 5.41) is 19.8. The molecule has 31 heavy (non-hydrogen) atoms. The van der Waals surface area contributed by atoms with Gasteiger partial charge in [0.25, 0.3) is 11.8 Å². The van der Waals surface area contributed by atoms with Crippen molar-refractivity contribution in [1.82, 2.24) is 20.5 Å². The number of carbonyl (C=O) groups is 2. The molecule has 0 saturated carbocycles. The minimum absolute atomic E-state index is 0.273. The number of carbonyl (C=O) groups excluding carboxylic acids is 2. The second-order valence-corrected chi connectivity index (χ2v) is 6.78. The molecule has 3 N–H and O–H groups in total. The predicted octanol–water partition coefficient (Wildman–Crippen LogP) is 3.25. The molecule has 8 heteroatoms. The van der Waals surface area contributed by atoms with E-state index in [1.165, 1.54) is 17.6 Å². The third-order valence-corrected chi connectivity index (χ3v) is 4.70. The highest BCUT2D eigenvalue weighted by Crippen LogP contribution is 2.18. The average molecular weight is 413 g/mol. The van der Waals surface area contributed by atoms with Crippen molar-refractivity contribution < 1.29 is 14.8 Å². The molecule has 0 unspecified atom stereocenters. The lowest BCUT2D eigenvalue weighted by molar-refractivity contribution is -0.124. The van der Waals surface area contributed by atoms with E-state index < -0.39 is 5.91 Å². The van der Waals surface area contributed by atoms with Crippen LogP contribution in [0.3, 0.4) is 0 Å². The van der Waals surface area contributed by atoms with Crippen LogP contribution in [0.4, 0.5) is 5.69 Å². The maximum absolute atomic E-state index is 12.7. The summed E-state index contributed by atoms with van der Waals surface area (Å²) in [6.07, 6.45) is 2.68. The lowest BCUT2D eigenvalue weighted by atomic mass is 10.1. The van der Waals surface area contributed by atoms with Crippen molar-refractivity contribution in [3.63, 3.8) is 0 Å². The maximum Gasteiger partial charge on any atom is 0.267 e. The minimum atomic E-state index is -0.656. The molecule has 8 nitrogen and oxygen atoms in total. The molecule has 2 amide bonds. The Morgan fingerprint density at radius 3 is 2.52 bits per heavy atom. The zero-order valence-electron chi connectivity index (χ0n) is 16.4. The Morgan fingerprint density at radius 2 is 1.71 bits per heavy atom. The Morgan fingerprint density at radius 1 is 0.968 bits per heavy atom. The highest BCUT2D eigenvalue weighted by Gasteiger charge is 2.09. The monoisotopic (exact) mass is 413 g/mol. The molecule has 1 heterocycles. The largest absolute Gasteiger partial charge is 0.321 e. The van der Waals surface area contributed by atoms with Crippen LogP contribution in [0.2, 0.25) is 0 Å².